The summed E-state index contributed by atoms with van der Waals surface area (Å²) in [6.07, 6.45) is 8.90. The molecule has 2 aliphatic rings. The maximum Gasteiger partial charge on any atom is -0.0105 e. The van der Waals surface area contributed by atoms with Crippen LogP contribution >= 0.6 is 0 Å². The Labute approximate surface area is 88.1 Å². The van der Waals surface area contributed by atoms with Crippen LogP contribution in [0.1, 0.15) is 52.9 Å². The summed E-state index contributed by atoms with van der Waals surface area (Å²) < 4.78 is 0. The van der Waals surface area contributed by atoms with Crippen molar-refractivity contribution in [3.05, 3.63) is 23.8 Å². The maximum atomic E-state index is 4.10. The van der Waals surface area contributed by atoms with Crippen LogP contribution in [0.3, 0.4) is 0 Å². The van der Waals surface area contributed by atoms with Crippen molar-refractivity contribution in [1.29, 1.82) is 0 Å². The zero-order chi connectivity index (χ0) is 10.4. The Morgan fingerprint density at radius 1 is 1.14 bits per heavy atom. The molecule has 0 saturated heterocycles. The van der Waals surface area contributed by atoms with Crippen molar-refractivity contribution < 1.29 is 0 Å². The molecule has 78 valence electrons. The highest BCUT2D eigenvalue weighted by Crippen LogP contribution is 2.53. The first-order chi connectivity index (χ1) is 6.41. The van der Waals surface area contributed by atoms with Crippen LogP contribution in [-0.4, -0.2) is 0 Å². The number of fused-ring (bicyclic) bond motifs is 1. The maximum absolute atomic E-state index is 4.10. The predicted octanol–water partition coefficient (Wildman–Crippen LogP) is 4.48. The van der Waals surface area contributed by atoms with Gasteiger partial charge in [0.2, 0.25) is 0 Å². The quantitative estimate of drug-likeness (QED) is 0.528. The third kappa shape index (κ3) is 1.67. The highest BCUT2D eigenvalue weighted by molar-refractivity contribution is 5.31. The lowest BCUT2D eigenvalue weighted by Gasteiger charge is -2.47. The van der Waals surface area contributed by atoms with E-state index in [4.69, 9.17) is 0 Å². The summed E-state index contributed by atoms with van der Waals surface area (Å²) in [7, 11) is 0. The largest absolute Gasteiger partial charge is 0.0958 e. The van der Waals surface area contributed by atoms with Crippen LogP contribution in [0.5, 0.6) is 0 Å². The normalized spacial score (nSPS) is 36.2. The zero-order valence-corrected chi connectivity index (χ0v) is 9.82. The van der Waals surface area contributed by atoms with Gasteiger partial charge in [-0.3, -0.25) is 0 Å². The van der Waals surface area contributed by atoms with Gasteiger partial charge in [-0.25, -0.2) is 0 Å². The van der Waals surface area contributed by atoms with Crippen molar-refractivity contribution in [2.45, 2.75) is 52.9 Å². The minimum absolute atomic E-state index is 0.489. The van der Waals surface area contributed by atoms with E-state index in [1.54, 1.807) is 5.57 Å². The van der Waals surface area contributed by atoms with Crippen LogP contribution in [0.4, 0.5) is 0 Å². The summed E-state index contributed by atoms with van der Waals surface area (Å²) in [4.78, 5) is 0. The Bertz CT molecular complexity index is 293. The summed E-state index contributed by atoms with van der Waals surface area (Å²) in [5.41, 5.74) is 4.05. The molecule has 0 aromatic heterocycles. The molecule has 0 aromatic rings. The Morgan fingerprint density at radius 3 is 2.57 bits per heavy atom. The molecular weight excluding hydrogens is 168 g/mol. The number of allylic oxidation sites excluding steroid dienone is 3. The molecular formula is C14H22. The molecule has 14 heavy (non-hydrogen) atoms. The first-order valence-corrected chi connectivity index (χ1v) is 5.80. The average Bonchev–Trinajstić information content (AvgIpc) is 2.05. The van der Waals surface area contributed by atoms with Gasteiger partial charge < -0.3 is 0 Å². The number of hydrogen-bond acceptors (Lipinski definition) is 0. The molecule has 0 radical (unpaired) electrons. The fourth-order valence-electron chi connectivity index (χ4n) is 3.28. The van der Waals surface area contributed by atoms with Gasteiger partial charge in [-0.2, -0.15) is 0 Å². The molecule has 0 aromatic carbocycles. The zero-order valence-electron chi connectivity index (χ0n) is 9.82. The summed E-state index contributed by atoms with van der Waals surface area (Å²) >= 11 is 0. The van der Waals surface area contributed by atoms with Crippen molar-refractivity contribution in [1.82, 2.24) is 0 Å². The van der Waals surface area contributed by atoms with Crippen LogP contribution in [-0.2, 0) is 0 Å². The predicted molar refractivity (Wildman–Crippen MR) is 62.2 cm³/mol. The molecule has 0 bridgehead atoms. The minimum atomic E-state index is 0.489. The van der Waals surface area contributed by atoms with E-state index in [0.29, 0.717) is 10.8 Å². The molecule has 0 spiro atoms. The molecule has 0 N–H and O–H groups in total. The molecule has 0 nitrogen and oxygen atoms in total. The van der Waals surface area contributed by atoms with Crippen LogP contribution in [0.25, 0.3) is 0 Å². The third-order valence-electron chi connectivity index (χ3n) is 4.09. The van der Waals surface area contributed by atoms with Crippen molar-refractivity contribution >= 4 is 0 Å². The van der Waals surface area contributed by atoms with Crippen LogP contribution in [0.2, 0.25) is 0 Å². The average molecular weight is 190 g/mol. The fraction of sp³-hybridized carbons (Fsp3) is 0.714. The topological polar surface area (TPSA) is 0 Å². The Hall–Kier alpha value is -0.520. The highest BCUT2D eigenvalue weighted by Gasteiger charge is 2.40. The van der Waals surface area contributed by atoms with E-state index in [0.717, 1.165) is 0 Å². The van der Waals surface area contributed by atoms with Gasteiger partial charge >= 0.3 is 0 Å². The second-order valence-corrected chi connectivity index (χ2v) is 6.23. The first-order valence-electron chi connectivity index (χ1n) is 5.80. The Kier molecular flexibility index (Phi) is 2.13. The van der Waals surface area contributed by atoms with Gasteiger partial charge in [0.1, 0.15) is 0 Å². The fourth-order valence-corrected chi connectivity index (χ4v) is 3.28. The van der Waals surface area contributed by atoms with Crippen LogP contribution < -0.4 is 0 Å². The van der Waals surface area contributed by atoms with Gasteiger partial charge in [-0.1, -0.05) is 44.6 Å². The van der Waals surface area contributed by atoms with Gasteiger partial charge in [0.05, 0.1) is 0 Å². The molecule has 2 aliphatic carbocycles. The lowest BCUT2D eigenvalue weighted by molar-refractivity contribution is 0.142. The Balaban J connectivity index is 2.29. The summed E-state index contributed by atoms with van der Waals surface area (Å²) in [5.74, 6) is 0. The van der Waals surface area contributed by atoms with E-state index in [9.17, 15) is 0 Å². The number of hydrogen-bond donors (Lipinski definition) is 0. The molecule has 1 atom stereocenters. The second-order valence-electron chi connectivity index (χ2n) is 6.23. The SMILES string of the molecule is C=C1C=C2CCC(C)(C)C[C@@]2(C)CC1. The van der Waals surface area contributed by atoms with E-state index >= 15 is 0 Å². The van der Waals surface area contributed by atoms with Gasteiger partial charge in [-0.15, -0.1) is 0 Å². The van der Waals surface area contributed by atoms with E-state index in [1.165, 1.54) is 37.7 Å². The van der Waals surface area contributed by atoms with Gasteiger partial charge in [0.15, 0.2) is 0 Å². The second kappa shape index (κ2) is 2.98. The first kappa shape index (κ1) is 10.0. The summed E-state index contributed by atoms with van der Waals surface area (Å²) in [6, 6.07) is 0. The van der Waals surface area contributed by atoms with Crippen molar-refractivity contribution in [2.75, 3.05) is 0 Å². The monoisotopic (exact) mass is 190 g/mol. The van der Waals surface area contributed by atoms with E-state index in [-0.39, 0.29) is 0 Å². The van der Waals surface area contributed by atoms with Crippen molar-refractivity contribution in [3.8, 4) is 0 Å². The molecule has 2 rings (SSSR count). The third-order valence-corrected chi connectivity index (χ3v) is 4.09. The molecule has 0 unspecified atom stereocenters. The highest BCUT2D eigenvalue weighted by atomic mass is 14.5. The van der Waals surface area contributed by atoms with Gasteiger partial charge in [0, 0.05) is 0 Å². The molecule has 1 saturated carbocycles. The number of rotatable bonds is 0. The van der Waals surface area contributed by atoms with E-state index < -0.39 is 0 Å². The summed E-state index contributed by atoms with van der Waals surface area (Å²) in [6.45, 7) is 11.4. The van der Waals surface area contributed by atoms with Crippen molar-refractivity contribution in [2.24, 2.45) is 10.8 Å². The van der Waals surface area contributed by atoms with E-state index in [1.807, 2.05) is 0 Å². The lowest BCUT2D eigenvalue weighted by atomic mass is 9.58. The molecule has 0 heteroatoms. The van der Waals surface area contributed by atoms with Gasteiger partial charge in [-0.05, 0) is 42.9 Å². The standard InChI is InChI=1S/C14H22/c1-11-5-8-14(4)10-13(2,3)7-6-12(14)9-11/h9H,1,5-8,10H2,2-4H3/t14-/m1/s1. The van der Waals surface area contributed by atoms with Crippen LogP contribution in [0, 0.1) is 10.8 Å². The minimum Gasteiger partial charge on any atom is -0.0958 e. The Morgan fingerprint density at radius 2 is 1.86 bits per heavy atom. The molecule has 0 heterocycles. The van der Waals surface area contributed by atoms with Gasteiger partial charge in [0.25, 0.3) is 0 Å². The van der Waals surface area contributed by atoms with Crippen molar-refractivity contribution in [3.63, 3.8) is 0 Å². The van der Waals surface area contributed by atoms with E-state index in [2.05, 4.69) is 33.4 Å². The summed E-state index contributed by atoms with van der Waals surface area (Å²) in [5, 5.41) is 0. The lowest BCUT2D eigenvalue weighted by Crippen LogP contribution is -2.34. The van der Waals surface area contributed by atoms with Crippen LogP contribution in [0.15, 0.2) is 23.8 Å². The smallest absolute Gasteiger partial charge is 0.0105 e. The molecule has 0 aliphatic heterocycles. The molecule has 1 fully saturated rings. The molecule has 0 amide bonds.